The number of carboxylic acid groups (broad SMARTS) is 1. The Morgan fingerprint density at radius 3 is 2.50 bits per heavy atom. The van der Waals surface area contributed by atoms with Crippen LogP contribution in [0.4, 0.5) is 0 Å². The summed E-state index contributed by atoms with van der Waals surface area (Å²) < 4.78 is 0. The molecule has 5 heteroatoms. The minimum Gasteiger partial charge on any atom is -0.478 e. The zero-order chi connectivity index (χ0) is 14.1. The van der Waals surface area contributed by atoms with Gasteiger partial charge in [-0.1, -0.05) is 0 Å². The molecule has 0 fully saturated rings. The number of rotatable bonds is 2. The van der Waals surface area contributed by atoms with Crippen LogP contribution in [0.25, 0.3) is 0 Å². The minimum atomic E-state index is -0.982. The van der Waals surface area contributed by atoms with E-state index in [2.05, 4.69) is 11.4 Å². The number of nitrogens with zero attached hydrogens (tertiary/aromatic N) is 1. The minimum absolute atomic E-state index is 0.0428. The first-order valence-corrected chi connectivity index (χ1v) is 7.21. The molecular formula is C15H13NO3S. The first-order chi connectivity index (χ1) is 9.65. The van der Waals surface area contributed by atoms with Gasteiger partial charge in [0, 0.05) is 23.5 Å². The van der Waals surface area contributed by atoms with Crippen molar-refractivity contribution in [2.45, 2.75) is 13.0 Å². The molecule has 0 bridgehead atoms. The van der Waals surface area contributed by atoms with E-state index in [4.69, 9.17) is 5.11 Å². The number of hydrogen-bond donors (Lipinski definition) is 1. The maximum Gasteiger partial charge on any atom is 0.335 e. The molecule has 20 heavy (non-hydrogen) atoms. The van der Waals surface area contributed by atoms with E-state index in [-0.39, 0.29) is 11.5 Å². The van der Waals surface area contributed by atoms with Gasteiger partial charge in [-0.2, -0.15) is 0 Å². The Morgan fingerprint density at radius 2 is 1.80 bits per heavy atom. The summed E-state index contributed by atoms with van der Waals surface area (Å²) in [4.78, 5) is 26.4. The number of benzene rings is 1. The molecule has 3 rings (SSSR count). The SMILES string of the molecule is O=C(O)c1ccc(C(=O)N2CCc3sccc3C2)cc1. The number of carbonyl (C=O) groups excluding carboxylic acids is 1. The quantitative estimate of drug-likeness (QED) is 0.923. The molecule has 0 unspecified atom stereocenters. The van der Waals surface area contributed by atoms with Crippen molar-refractivity contribution >= 4 is 23.2 Å². The fourth-order valence-corrected chi connectivity index (χ4v) is 3.25. The van der Waals surface area contributed by atoms with E-state index < -0.39 is 5.97 Å². The van der Waals surface area contributed by atoms with Crippen molar-refractivity contribution in [2.75, 3.05) is 6.54 Å². The van der Waals surface area contributed by atoms with E-state index in [1.807, 2.05) is 4.90 Å². The maximum absolute atomic E-state index is 12.4. The van der Waals surface area contributed by atoms with E-state index in [1.165, 1.54) is 22.6 Å². The van der Waals surface area contributed by atoms with E-state index in [9.17, 15) is 9.59 Å². The van der Waals surface area contributed by atoms with Crippen LogP contribution in [-0.4, -0.2) is 28.4 Å². The fourth-order valence-electron chi connectivity index (χ4n) is 2.36. The lowest BCUT2D eigenvalue weighted by molar-refractivity contribution is 0.0692. The van der Waals surface area contributed by atoms with Crippen molar-refractivity contribution in [2.24, 2.45) is 0 Å². The Balaban J connectivity index is 1.78. The molecular weight excluding hydrogens is 274 g/mol. The first-order valence-electron chi connectivity index (χ1n) is 6.33. The van der Waals surface area contributed by atoms with Gasteiger partial charge in [0.25, 0.3) is 5.91 Å². The van der Waals surface area contributed by atoms with Crippen LogP contribution in [0.1, 0.15) is 31.2 Å². The predicted octanol–water partition coefficient (Wildman–Crippen LogP) is 2.64. The Morgan fingerprint density at radius 1 is 1.10 bits per heavy atom. The molecule has 1 aliphatic heterocycles. The Kier molecular flexibility index (Phi) is 3.28. The van der Waals surface area contributed by atoms with Gasteiger partial charge in [-0.3, -0.25) is 4.79 Å². The Labute approximate surface area is 120 Å². The average Bonchev–Trinajstić information content (AvgIpc) is 2.94. The predicted molar refractivity (Wildman–Crippen MR) is 76.2 cm³/mol. The standard InChI is InChI=1S/C15H13NO3S/c17-14(10-1-3-11(4-2-10)15(18)19)16-7-5-13-12(9-16)6-8-20-13/h1-4,6,8H,5,7,9H2,(H,18,19). The molecule has 0 radical (unpaired) electrons. The third kappa shape index (κ3) is 2.32. The van der Waals surface area contributed by atoms with Gasteiger partial charge in [-0.25, -0.2) is 4.79 Å². The van der Waals surface area contributed by atoms with Crippen molar-refractivity contribution in [3.05, 3.63) is 57.3 Å². The highest BCUT2D eigenvalue weighted by Gasteiger charge is 2.22. The van der Waals surface area contributed by atoms with Crippen molar-refractivity contribution < 1.29 is 14.7 Å². The monoisotopic (exact) mass is 287 g/mol. The van der Waals surface area contributed by atoms with Crippen molar-refractivity contribution in [1.29, 1.82) is 0 Å². The average molecular weight is 287 g/mol. The van der Waals surface area contributed by atoms with Gasteiger partial charge >= 0.3 is 5.97 Å². The largest absolute Gasteiger partial charge is 0.478 e. The van der Waals surface area contributed by atoms with Crippen LogP contribution in [0.15, 0.2) is 35.7 Å². The van der Waals surface area contributed by atoms with Crippen LogP contribution < -0.4 is 0 Å². The lowest BCUT2D eigenvalue weighted by Crippen LogP contribution is -2.35. The van der Waals surface area contributed by atoms with Crippen LogP contribution in [-0.2, 0) is 13.0 Å². The van der Waals surface area contributed by atoms with E-state index in [1.54, 1.807) is 23.5 Å². The van der Waals surface area contributed by atoms with Crippen LogP contribution >= 0.6 is 11.3 Å². The zero-order valence-electron chi connectivity index (χ0n) is 10.7. The molecule has 0 atom stereocenters. The van der Waals surface area contributed by atoms with Gasteiger partial charge in [0.05, 0.1) is 5.56 Å². The Bertz CT molecular complexity index is 660. The van der Waals surface area contributed by atoms with Crippen molar-refractivity contribution in [3.63, 3.8) is 0 Å². The number of fused-ring (bicyclic) bond motifs is 1. The molecule has 1 aromatic heterocycles. The maximum atomic E-state index is 12.4. The molecule has 2 heterocycles. The van der Waals surface area contributed by atoms with Crippen LogP contribution in [0, 0.1) is 0 Å². The lowest BCUT2D eigenvalue weighted by atomic mass is 10.1. The van der Waals surface area contributed by atoms with Gasteiger partial charge in [-0.15, -0.1) is 11.3 Å². The van der Waals surface area contributed by atoms with E-state index in [0.29, 0.717) is 18.7 Å². The molecule has 1 N–H and O–H groups in total. The second-order valence-corrected chi connectivity index (χ2v) is 5.73. The van der Waals surface area contributed by atoms with Gasteiger partial charge in [-0.05, 0) is 47.7 Å². The third-order valence-corrected chi connectivity index (χ3v) is 4.50. The summed E-state index contributed by atoms with van der Waals surface area (Å²) in [6.45, 7) is 1.35. The van der Waals surface area contributed by atoms with Gasteiger partial charge in [0.15, 0.2) is 0 Å². The molecule has 0 spiro atoms. The highest BCUT2D eigenvalue weighted by Crippen LogP contribution is 2.25. The third-order valence-electron chi connectivity index (χ3n) is 3.47. The number of aromatic carboxylic acids is 1. The number of carbonyl (C=O) groups is 2. The first kappa shape index (κ1) is 12.9. The van der Waals surface area contributed by atoms with Crippen LogP contribution in [0.5, 0.6) is 0 Å². The van der Waals surface area contributed by atoms with Gasteiger partial charge in [0.2, 0.25) is 0 Å². The summed E-state index contributed by atoms with van der Waals surface area (Å²) >= 11 is 1.74. The van der Waals surface area contributed by atoms with Gasteiger partial charge < -0.3 is 10.0 Å². The van der Waals surface area contributed by atoms with Crippen LogP contribution in [0.3, 0.4) is 0 Å². The zero-order valence-corrected chi connectivity index (χ0v) is 11.5. The normalized spacial score (nSPS) is 13.9. The molecule has 0 saturated carbocycles. The summed E-state index contributed by atoms with van der Waals surface area (Å²) in [6.07, 6.45) is 0.895. The number of hydrogen-bond acceptors (Lipinski definition) is 3. The van der Waals surface area contributed by atoms with Gasteiger partial charge in [0.1, 0.15) is 0 Å². The smallest absolute Gasteiger partial charge is 0.335 e. The van der Waals surface area contributed by atoms with Crippen LogP contribution in [0.2, 0.25) is 0 Å². The molecule has 1 amide bonds. The summed E-state index contributed by atoms with van der Waals surface area (Å²) in [5.74, 6) is -1.02. The molecule has 2 aromatic rings. The topological polar surface area (TPSA) is 57.6 Å². The number of amides is 1. The van der Waals surface area contributed by atoms with Crippen molar-refractivity contribution in [1.82, 2.24) is 4.90 Å². The molecule has 1 aliphatic rings. The highest BCUT2D eigenvalue weighted by molar-refractivity contribution is 7.10. The second kappa shape index (κ2) is 5.09. The Hall–Kier alpha value is -2.14. The number of carboxylic acids is 1. The molecule has 102 valence electrons. The summed E-state index contributed by atoms with van der Waals surface area (Å²) in [6, 6.07) is 8.15. The molecule has 1 aromatic carbocycles. The molecule has 4 nitrogen and oxygen atoms in total. The number of thiophene rings is 1. The summed E-state index contributed by atoms with van der Waals surface area (Å²) in [7, 11) is 0. The molecule has 0 saturated heterocycles. The van der Waals surface area contributed by atoms with E-state index >= 15 is 0 Å². The lowest BCUT2D eigenvalue weighted by Gasteiger charge is -2.27. The second-order valence-electron chi connectivity index (χ2n) is 4.73. The fraction of sp³-hybridized carbons (Fsp3) is 0.200. The highest BCUT2D eigenvalue weighted by atomic mass is 32.1. The van der Waals surface area contributed by atoms with E-state index in [0.717, 1.165) is 6.42 Å². The summed E-state index contributed by atoms with van der Waals surface area (Å²) in [5, 5.41) is 10.9. The van der Waals surface area contributed by atoms with Crippen molar-refractivity contribution in [3.8, 4) is 0 Å². The molecule has 0 aliphatic carbocycles. The summed E-state index contributed by atoms with van der Waals surface area (Å²) in [5.41, 5.74) is 1.95.